The van der Waals surface area contributed by atoms with Crippen molar-refractivity contribution in [3.05, 3.63) is 35.6 Å². The number of esters is 1. The maximum atomic E-state index is 13.4. The molecule has 2 atom stereocenters. The lowest BCUT2D eigenvalue weighted by Crippen LogP contribution is -2.07. The van der Waals surface area contributed by atoms with Crippen molar-refractivity contribution < 1.29 is 13.9 Å². The molecule has 1 aliphatic carbocycles. The van der Waals surface area contributed by atoms with Crippen LogP contribution in [0.4, 0.5) is 4.39 Å². The summed E-state index contributed by atoms with van der Waals surface area (Å²) >= 11 is 0. The molecule has 0 aromatic heterocycles. The van der Waals surface area contributed by atoms with Crippen molar-refractivity contribution >= 4 is 5.97 Å². The van der Waals surface area contributed by atoms with Crippen molar-refractivity contribution in [2.24, 2.45) is 5.92 Å². The van der Waals surface area contributed by atoms with Gasteiger partial charge in [0.1, 0.15) is 5.82 Å². The number of rotatable bonds is 3. The Kier molecular flexibility index (Phi) is 2.71. The second-order valence-electron chi connectivity index (χ2n) is 3.72. The zero-order chi connectivity index (χ0) is 10.8. The van der Waals surface area contributed by atoms with Gasteiger partial charge < -0.3 is 4.74 Å². The monoisotopic (exact) mass is 208 g/mol. The lowest BCUT2D eigenvalue weighted by molar-refractivity contribution is -0.144. The quantitative estimate of drug-likeness (QED) is 0.713. The summed E-state index contributed by atoms with van der Waals surface area (Å²) in [5, 5.41) is 0. The number of hydrogen-bond donors (Lipinski definition) is 0. The second-order valence-corrected chi connectivity index (χ2v) is 3.72. The van der Waals surface area contributed by atoms with Gasteiger partial charge in [-0.2, -0.15) is 0 Å². The van der Waals surface area contributed by atoms with E-state index in [2.05, 4.69) is 0 Å². The first-order valence-electron chi connectivity index (χ1n) is 5.15. The normalized spacial score (nSPS) is 23.6. The van der Waals surface area contributed by atoms with E-state index in [-0.39, 0.29) is 23.6 Å². The van der Waals surface area contributed by atoms with Crippen LogP contribution in [0.3, 0.4) is 0 Å². The van der Waals surface area contributed by atoms with Gasteiger partial charge in [0.15, 0.2) is 0 Å². The fourth-order valence-corrected chi connectivity index (χ4v) is 1.82. The third-order valence-corrected chi connectivity index (χ3v) is 2.68. The Labute approximate surface area is 88.1 Å². The van der Waals surface area contributed by atoms with Gasteiger partial charge in [-0.1, -0.05) is 18.2 Å². The van der Waals surface area contributed by atoms with Crippen LogP contribution >= 0.6 is 0 Å². The first-order valence-corrected chi connectivity index (χ1v) is 5.15. The van der Waals surface area contributed by atoms with E-state index in [0.717, 1.165) is 0 Å². The maximum Gasteiger partial charge on any atom is 0.309 e. The van der Waals surface area contributed by atoms with E-state index in [1.807, 2.05) is 0 Å². The molecule has 1 aromatic carbocycles. The van der Waals surface area contributed by atoms with Gasteiger partial charge in [0.2, 0.25) is 0 Å². The minimum Gasteiger partial charge on any atom is -0.466 e. The van der Waals surface area contributed by atoms with E-state index >= 15 is 0 Å². The summed E-state index contributed by atoms with van der Waals surface area (Å²) in [6.45, 7) is 2.16. The van der Waals surface area contributed by atoms with E-state index in [1.54, 1.807) is 25.1 Å². The van der Waals surface area contributed by atoms with Crippen molar-refractivity contribution in [2.45, 2.75) is 19.3 Å². The van der Waals surface area contributed by atoms with Gasteiger partial charge in [0, 0.05) is 5.92 Å². The minimum absolute atomic E-state index is 0.0187. The highest BCUT2D eigenvalue weighted by Crippen LogP contribution is 2.48. The van der Waals surface area contributed by atoms with Crippen LogP contribution in [-0.2, 0) is 9.53 Å². The van der Waals surface area contributed by atoms with Crippen LogP contribution in [0, 0.1) is 11.7 Å². The average Bonchev–Trinajstić information content (AvgIpc) is 2.98. The number of hydrogen-bond acceptors (Lipinski definition) is 2. The number of carbonyl (C=O) groups excluding carboxylic acids is 1. The number of carbonyl (C=O) groups is 1. The smallest absolute Gasteiger partial charge is 0.309 e. The van der Waals surface area contributed by atoms with E-state index in [1.165, 1.54) is 6.07 Å². The Balaban J connectivity index is 2.05. The van der Waals surface area contributed by atoms with Gasteiger partial charge >= 0.3 is 5.97 Å². The van der Waals surface area contributed by atoms with Gasteiger partial charge in [-0.15, -0.1) is 0 Å². The Hall–Kier alpha value is -1.38. The molecule has 2 nitrogen and oxygen atoms in total. The molecule has 0 heterocycles. The van der Waals surface area contributed by atoms with Crippen LogP contribution in [0.1, 0.15) is 24.8 Å². The summed E-state index contributed by atoms with van der Waals surface area (Å²) in [5.41, 5.74) is 0.635. The maximum absolute atomic E-state index is 13.4. The van der Waals surface area contributed by atoms with Crippen molar-refractivity contribution in [3.63, 3.8) is 0 Å². The van der Waals surface area contributed by atoms with E-state index in [9.17, 15) is 9.18 Å². The SMILES string of the molecule is CCOC(=O)[C@@H]1C[C@H]1c1ccccc1F. The summed E-state index contributed by atoms with van der Waals surface area (Å²) in [4.78, 5) is 11.4. The molecule has 1 aromatic rings. The molecule has 0 saturated heterocycles. The fraction of sp³-hybridized carbons (Fsp3) is 0.417. The summed E-state index contributed by atoms with van der Waals surface area (Å²) in [6.07, 6.45) is 0.708. The van der Waals surface area contributed by atoms with Crippen molar-refractivity contribution in [3.8, 4) is 0 Å². The van der Waals surface area contributed by atoms with E-state index in [0.29, 0.717) is 18.6 Å². The molecule has 3 heteroatoms. The molecule has 1 saturated carbocycles. The molecule has 1 aliphatic rings. The molecule has 0 N–H and O–H groups in total. The van der Waals surface area contributed by atoms with Crippen LogP contribution < -0.4 is 0 Å². The summed E-state index contributed by atoms with van der Waals surface area (Å²) < 4.78 is 18.2. The van der Waals surface area contributed by atoms with Crippen LogP contribution in [0.25, 0.3) is 0 Å². The highest BCUT2D eigenvalue weighted by atomic mass is 19.1. The van der Waals surface area contributed by atoms with E-state index in [4.69, 9.17) is 4.74 Å². The van der Waals surface area contributed by atoms with Gasteiger partial charge in [-0.3, -0.25) is 4.79 Å². The molecule has 80 valence electrons. The standard InChI is InChI=1S/C12H13FO2/c1-2-15-12(14)10-7-9(10)8-5-3-4-6-11(8)13/h3-6,9-10H,2,7H2,1H3/t9-,10+/m0/s1. The fourth-order valence-electron chi connectivity index (χ4n) is 1.82. The van der Waals surface area contributed by atoms with E-state index < -0.39 is 0 Å². The first-order chi connectivity index (χ1) is 7.24. The molecule has 0 spiro atoms. The van der Waals surface area contributed by atoms with Gasteiger partial charge in [-0.25, -0.2) is 4.39 Å². The predicted molar refractivity (Wildman–Crippen MR) is 53.9 cm³/mol. The number of ether oxygens (including phenoxy) is 1. The summed E-state index contributed by atoms with van der Waals surface area (Å²) in [6, 6.07) is 6.61. The summed E-state index contributed by atoms with van der Waals surface area (Å²) in [5.74, 6) is -0.549. The number of halogens is 1. The molecule has 0 radical (unpaired) electrons. The molecule has 0 aliphatic heterocycles. The third-order valence-electron chi connectivity index (χ3n) is 2.68. The number of benzene rings is 1. The van der Waals surface area contributed by atoms with Gasteiger partial charge in [0.05, 0.1) is 12.5 Å². The van der Waals surface area contributed by atoms with Crippen LogP contribution in [-0.4, -0.2) is 12.6 Å². The predicted octanol–water partition coefficient (Wildman–Crippen LogP) is 2.49. The molecule has 0 unspecified atom stereocenters. The molecule has 1 fully saturated rings. The van der Waals surface area contributed by atoms with Crippen LogP contribution in [0.15, 0.2) is 24.3 Å². The van der Waals surface area contributed by atoms with Gasteiger partial charge in [-0.05, 0) is 25.0 Å². The minimum atomic E-state index is -0.228. The largest absolute Gasteiger partial charge is 0.466 e. The Morgan fingerprint density at radius 3 is 2.93 bits per heavy atom. The Morgan fingerprint density at radius 2 is 2.27 bits per heavy atom. The molecular weight excluding hydrogens is 195 g/mol. The molecule has 15 heavy (non-hydrogen) atoms. The highest BCUT2D eigenvalue weighted by molar-refractivity contribution is 5.77. The van der Waals surface area contributed by atoms with Crippen molar-refractivity contribution in [1.29, 1.82) is 0 Å². The molecule has 0 amide bonds. The van der Waals surface area contributed by atoms with Gasteiger partial charge in [0.25, 0.3) is 0 Å². The average molecular weight is 208 g/mol. The van der Waals surface area contributed by atoms with Crippen LogP contribution in [0.5, 0.6) is 0 Å². The molecule has 2 rings (SSSR count). The van der Waals surface area contributed by atoms with Crippen molar-refractivity contribution in [2.75, 3.05) is 6.61 Å². The molecular formula is C12H13FO2. The topological polar surface area (TPSA) is 26.3 Å². The van der Waals surface area contributed by atoms with Crippen molar-refractivity contribution in [1.82, 2.24) is 0 Å². The highest BCUT2D eigenvalue weighted by Gasteiger charge is 2.46. The first kappa shape index (κ1) is 10.1. The lowest BCUT2D eigenvalue weighted by atomic mass is 10.1. The zero-order valence-corrected chi connectivity index (χ0v) is 8.57. The Morgan fingerprint density at radius 1 is 1.53 bits per heavy atom. The molecule has 0 bridgehead atoms. The Bertz CT molecular complexity index is 376. The zero-order valence-electron chi connectivity index (χ0n) is 8.57. The third kappa shape index (κ3) is 2.01. The second kappa shape index (κ2) is 4.01. The van der Waals surface area contributed by atoms with Crippen LogP contribution in [0.2, 0.25) is 0 Å². The lowest BCUT2D eigenvalue weighted by Gasteiger charge is -2.02. The summed E-state index contributed by atoms with van der Waals surface area (Å²) in [7, 11) is 0.